The summed E-state index contributed by atoms with van der Waals surface area (Å²) in [5.41, 5.74) is 0.673. The number of hydrogen-bond donors (Lipinski definition) is 0. The zero-order valence-corrected chi connectivity index (χ0v) is 14.4. The summed E-state index contributed by atoms with van der Waals surface area (Å²) in [5, 5.41) is 20.7. The SMILES string of the molecule is C=C(c1cccc(OC)c1)[N+](=O)[O-].C=C(c1cccc(OC)c1)[N+](=O)[O-]. The van der Waals surface area contributed by atoms with Crippen molar-refractivity contribution in [2.45, 2.75) is 0 Å². The van der Waals surface area contributed by atoms with Gasteiger partial charge in [-0.1, -0.05) is 12.1 Å². The first-order valence-corrected chi connectivity index (χ1v) is 7.25. The molecule has 0 aliphatic heterocycles. The van der Waals surface area contributed by atoms with Crippen molar-refractivity contribution < 1.29 is 19.3 Å². The third-order valence-corrected chi connectivity index (χ3v) is 3.25. The molecule has 0 atom stereocenters. The molecule has 0 saturated heterocycles. The van der Waals surface area contributed by atoms with Gasteiger partial charge in [-0.3, -0.25) is 20.2 Å². The van der Waals surface area contributed by atoms with Crippen molar-refractivity contribution in [1.82, 2.24) is 0 Å². The van der Waals surface area contributed by atoms with Crippen LogP contribution in [0.3, 0.4) is 0 Å². The lowest BCUT2D eigenvalue weighted by molar-refractivity contribution is -0.375. The van der Waals surface area contributed by atoms with Gasteiger partial charge < -0.3 is 9.47 Å². The van der Waals surface area contributed by atoms with Gasteiger partial charge in [-0.05, 0) is 49.6 Å². The normalized spacial score (nSPS) is 9.31. The summed E-state index contributed by atoms with van der Waals surface area (Å²) < 4.78 is 9.84. The van der Waals surface area contributed by atoms with E-state index in [4.69, 9.17) is 9.47 Å². The van der Waals surface area contributed by atoms with Crippen molar-refractivity contribution >= 4 is 11.4 Å². The second kappa shape index (κ2) is 9.58. The molecule has 8 heteroatoms. The van der Waals surface area contributed by atoms with Gasteiger partial charge >= 0.3 is 0 Å². The quantitative estimate of drug-likeness (QED) is 0.573. The highest BCUT2D eigenvalue weighted by Crippen LogP contribution is 2.19. The monoisotopic (exact) mass is 358 g/mol. The fraction of sp³-hybridized carbons (Fsp3) is 0.111. The average molecular weight is 358 g/mol. The molecule has 8 nitrogen and oxygen atoms in total. The lowest BCUT2D eigenvalue weighted by atomic mass is 10.2. The van der Waals surface area contributed by atoms with Crippen LogP contribution in [0, 0.1) is 20.2 Å². The maximum Gasteiger partial charge on any atom is 0.269 e. The number of nitro groups is 2. The molecule has 0 fully saturated rings. The molecule has 0 heterocycles. The highest BCUT2D eigenvalue weighted by Gasteiger charge is 2.11. The fourth-order valence-electron chi connectivity index (χ4n) is 1.82. The summed E-state index contributed by atoms with van der Waals surface area (Å²) in [7, 11) is 3.02. The Morgan fingerprint density at radius 3 is 1.42 bits per heavy atom. The predicted octanol–water partition coefficient (Wildman–Crippen LogP) is 3.89. The Balaban J connectivity index is 0.000000260. The van der Waals surface area contributed by atoms with Crippen molar-refractivity contribution in [3.63, 3.8) is 0 Å². The molecule has 0 saturated carbocycles. The van der Waals surface area contributed by atoms with Gasteiger partial charge in [-0.15, -0.1) is 0 Å². The van der Waals surface area contributed by atoms with Crippen LogP contribution in [-0.4, -0.2) is 24.1 Å². The maximum absolute atomic E-state index is 10.4. The van der Waals surface area contributed by atoms with Crippen molar-refractivity contribution in [3.05, 3.63) is 93.0 Å². The molecule has 0 aliphatic carbocycles. The molecule has 0 N–H and O–H groups in total. The van der Waals surface area contributed by atoms with E-state index in [0.717, 1.165) is 0 Å². The third-order valence-electron chi connectivity index (χ3n) is 3.25. The van der Waals surface area contributed by atoms with E-state index in [1.54, 1.807) is 48.5 Å². The lowest BCUT2D eigenvalue weighted by Crippen LogP contribution is -1.96. The average Bonchev–Trinajstić information content (AvgIpc) is 2.67. The summed E-state index contributed by atoms with van der Waals surface area (Å²) in [5.74, 6) is 1.17. The van der Waals surface area contributed by atoms with Crippen molar-refractivity contribution in [1.29, 1.82) is 0 Å². The van der Waals surface area contributed by atoms with E-state index >= 15 is 0 Å². The number of nitrogens with zero attached hydrogens (tertiary/aromatic N) is 2. The summed E-state index contributed by atoms with van der Waals surface area (Å²) in [4.78, 5) is 19.7. The van der Waals surface area contributed by atoms with E-state index in [2.05, 4.69) is 13.2 Å². The van der Waals surface area contributed by atoms with Gasteiger partial charge in [-0.2, -0.15) is 0 Å². The largest absolute Gasteiger partial charge is 0.497 e. The molecule has 0 unspecified atom stereocenters. The van der Waals surface area contributed by atoms with Crippen LogP contribution in [-0.2, 0) is 0 Å². The summed E-state index contributed by atoms with van der Waals surface area (Å²) in [6.45, 7) is 6.69. The van der Waals surface area contributed by atoms with Crippen LogP contribution in [0.2, 0.25) is 0 Å². The van der Waals surface area contributed by atoms with E-state index < -0.39 is 9.85 Å². The van der Waals surface area contributed by atoms with Gasteiger partial charge in [0.2, 0.25) is 0 Å². The molecule has 2 rings (SSSR count). The van der Waals surface area contributed by atoms with Crippen LogP contribution < -0.4 is 9.47 Å². The van der Waals surface area contributed by atoms with Gasteiger partial charge in [0.1, 0.15) is 11.5 Å². The highest BCUT2D eigenvalue weighted by molar-refractivity contribution is 5.58. The molecule has 0 aromatic heterocycles. The predicted molar refractivity (Wildman–Crippen MR) is 98.0 cm³/mol. The van der Waals surface area contributed by atoms with Crippen LogP contribution in [0.15, 0.2) is 61.7 Å². The van der Waals surface area contributed by atoms with Gasteiger partial charge in [-0.25, -0.2) is 0 Å². The summed E-state index contributed by atoms with van der Waals surface area (Å²) in [6.07, 6.45) is 0. The maximum atomic E-state index is 10.4. The lowest BCUT2D eigenvalue weighted by Gasteiger charge is -2.00. The van der Waals surface area contributed by atoms with Crippen molar-refractivity contribution in [3.8, 4) is 11.5 Å². The molecule has 26 heavy (non-hydrogen) atoms. The Bertz CT molecular complexity index is 762. The first kappa shape index (κ1) is 20.4. The molecule has 0 amide bonds. The highest BCUT2D eigenvalue weighted by atomic mass is 16.6. The summed E-state index contributed by atoms with van der Waals surface area (Å²) >= 11 is 0. The minimum atomic E-state index is -0.519. The molecule has 2 aromatic rings. The van der Waals surface area contributed by atoms with Gasteiger partial charge in [0, 0.05) is 0 Å². The van der Waals surface area contributed by atoms with Crippen molar-refractivity contribution in [2.24, 2.45) is 0 Å². The number of benzene rings is 2. The van der Waals surface area contributed by atoms with Crippen LogP contribution in [0.5, 0.6) is 11.5 Å². The fourth-order valence-corrected chi connectivity index (χ4v) is 1.82. The van der Waals surface area contributed by atoms with Crippen LogP contribution >= 0.6 is 0 Å². The zero-order valence-electron chi connectivity index (χ0n) is 14.4. The van der Waals surface area contributed by atoms with E-state index in [9.17, 15) is 20.2 Å². The zero-order chi connectivity index (χ0) is 19.7. The number of methoxy groups -OCH3 is 2. The second-order valence-corrected chi connectivity index (χ2v) is 4.87. The van der Waals surface area contributed by atoms with Crippen LogP contribution in [0.4, 0.5) is 0 Å². The first-order chi connectivity index (χ1) is 12.3. The van der Waals surface area contributed by atoms with E-state index in [1.165, 1.54) is 14.2 Å². The summed E-state index contributed by atoms with van der Waals surface area (Å²) in [6, 6.07) is 13.2. The molecule has 2 aromatic carbocycles. The minimum Gasteiger partial charge on any atom is -0.497 e. The van der Waals surface area contributed by atoms with Crippen molar-refractivity contribution in [2.75, 3.05) is 14.2 Å². The molecule has 0 aliphatic rings. The molecule has 0 spiro atoms. The van der Waals surface area contributed by atoms with Gasteiger partial charge in [0.15, 0.2) is 0 Å². The molecule has 0 radical (unpaired) electrons. The number of rotatable bonds is 6. The Morgan fingerprint density at radius 1 is 0.808 bits per heavy atom. The molecule has 0 bridgehead atoms. The van der Waals surface area contributed by atoms with E-state index in [-0.39, 0.29) is 11.4 Å². The molecule has 136 valence electrons. The topological polar surface area (TPSA) is 105 Å². The van der Waals surface area contributed by atoms with Crippen LogP contribution in [0.25, 0.3) is 11.4 Å². The standard InChI is InChI=1S/2C9H9NO3/c2*1-7(10(11)12)8-4-3-5-9(6-8)13-2/h2*3-6H,1H2,2H3. The minimum absolute atomic E-state index is 0.126. The Morgan fingerprint density at radius 2 is 1.15 bits per heavy atom. The van der Waals surface area contributed by atoms with E-state index in [1.807, 2.05) is 0 Å². The smallest absolute Gasteiger partial charge is 0.269 e. The molecular formula is C18H18N2O6. The second-order valence-electron chi connectivity index (χ2n) is 4.87. The van der Waals surface area contributed by atoms with Gasteiger partial charge in [0.25, 0.3) is 11.4 Å². The first-order valence-electron chi connectivity index (χ1n) is 7.25. The number of hydrogen-bond acceptors (Lipinski definition) is 6. The third kappa shape index (κ3) is 5.75. The Labute approximate surface area is 150 Å². The number of ether oxygens (including phenoxy) is 2. The van der Waals surface area contributed by atoms with Gasteiger partial charge in [0.05, 0.1) is 35.2 Å². The Hall–Kier alpha value is -3.68. The van der Waals surface area contributed by atoms with E-state index in [0.29, 0.717) is 22.6 Å². The molecular weight excluding hydrogens is 340 g/mol. The van der Waals surface area contributed by atoms with Crippen LogP contribution in [0.1, 0.15) is 11.1 Å². The Kier molecular flexibility index (Phi) is 7.50.